The fraction of sp³-hybridized carbons (Fsp3) is 0.524. The molecule has 1 aromatic rings. The van der Waals surface area contributed by atoms with Crippen LogP contribution in [-0.2, 0) is 29.3 Å². The molecule has 0 radical (unpaired) electrons. The van der Waals surface area contributed by atoms with Gasteiger partial charge in [-0.25, -0.2) is 20.3 Å². The van der Waals surface area contributed by atoms with E-state index in [1.165, 1.54) is 12.1 Å². The SMILES string of the molecule is CC(C)(C)c1cc2c(cc1Cl)C=C(C(=O)OCOC(=O)OCCCCO[NH3+])C(C(F)(F)F)O2. The highest BCUT2D eigenvalue weighted by atomic mass is 35.5. The zero-order chi connectivity index (χ0) is 24.8. The number of ether oxygens (including phenoxy) is 4. The molecule has 1 aromatic carbocycles. The van der Waals surface area contributed by atoms with E-state index in [9.17, 15) is 22.8 Å². The summed E-state index contributed by atoms with van der Waals surface area (Å²) in [5.41, 5.74) is -0.472. The third-order valence-corrected chi connectivity index (χ3v) is 4.86. The number of alkyl halides is 3. The summed E-state index contributed by atoms with van der Waals surface area (Å²) >= 11 is 6.28. The number of carbonyl (C=O) groups excluding carboxylic acids is 2. The zero-order valence-electron chi connectivity index (χ0n) is 18.4. The molecule has 0 saturated heterocycles. The third-order valence-electron chi connectivity index (χ3n) is 4.55. The predicted molar refractivity (Wildman–Crippen MR) is 110 cm³/mol. The van der Waals surface area contributed by atoms with Crippen molar-refractivity contribution in [1.82, 2.24) is 0 Å². The van der Waals surface area contributed by atoms with Crippen LogP contribution in [0.2, 0.25) is 5.02 Å². The van der Waals surface area contributed by atoms with Crippen molar-refractivity contribution in [2.24, 2.45) is 0 Å². The largest absolute Gasteiger partial charge is 0.511 e. The lowest BCUT2D eigenvalue weighted by atomic mass is 9.85. The Balaban J connectivity index is 2.09. The molecule has 0 saturated carbocycles. The van der Waals surface area contributed by atoms with Gasteiger partial charge in [-0.2, -0.15) is 13.2 Å². The first-order chi connectivity index (χ1) is 15.3. The van der Waals surface area contributed by atoms with Crippen LogP contribution < -0.4 is 10.6 Å². The maximum Gasteiger partial charge on any atom is 0.511 e. The molecule has 0 amide bonds. The Bertz CT molecular complexity index is 897. The van der Waals surface area contributed by atoms with E-state index < -0.39 is 42.2 Å². The number of rotatable bonds is 8. The lowest BCUT2D eigenvalue weighted by Gasteiger charge is -2.30. The monoisotopic (exact) mass is 496 g/mol. The maximum absolute atomic E-state index is 13.6. The van der Waals surface area contributed by atoms with E-state index in [1.807, 2.05) is 20.8 Å². The Morgan fingerprint density at radius 1 is 1.09 bits per heavy atom. The Kier molecular flexibility index (Phi) is 8.98. The van der Waals surface area contributed by atoms with Gasteiger partial charge >= 0.3 is 18.3 Å². The Morgan fingerprint density at radius 3 is 2.36 bits per heavy atom. The fourth-order valence-electron chi connectivity index (χ4n) is 2.92. The summed E-state index contributed by atoms with van der Waals surface area (Å²) in [6, 6.07) is 2.85. The van der Waals surface area contributed by atoms with Gasteiger partial charge in [0.15, 0.2) is 0 Å². The molecule has 1 atom stereocenters. The van der Waals surface area contributed by atoms with Gasteiger partial charge in [0.2, 0.25) is 12.9 Å². The van der Waals surface area contributed by atoms with E-state index in [4.69, 9.17) is 21.1 Å². The number of carbonyl (C=O) groups is 2. The average molecular weight is 497 g/mol. The smallest absolute Gasteiger partial charge is 0.475 e. The molecule has 0 aromatic heterocycles. The molecule has 8 nitrogen and oxygen atoms in total. The molecule has 0 aliphatic carbocycles. The third kappa shape index (κ3) is 7.51. The molecule has 0 fully saturated rings. The van der Waals surface area contributed by atoms with Crippen molar-refractivity contribution in [3.05, 3.63) is 33.9 Å². The number of quaternary nitrogens is 1. The second kappa shape index (κ2) is 11.1. The lowest BCUT2D eigenvalue weighted by Crippen LogP contribution is -2.49. The van der Waals surface area contributed by atoms with E-state index >= 15 is 0 Å². The van der Waals surface area contributed by atoms with Crippen molar-refractivity contribution in [3.63, 3.8) is 0 Å². The van der Waals surface area contributed by atoms with Crippen LogP contribution in [0.25, 0.3) is 6.08 Å². The number of esters is 1. The number of hydrogen-bond donors (Lipinski definition) is 1. The van der Waals surface area contributed by atoms with Gasteiger partial charge < -0.3 is 18.9 Å². The summed E-state index contributed by atoms with van der Waals surface area (Å²) in [5, 5.41) is 0.312. The molecule has 1 heterocycles. The molecular weight excluding hydrogens is 471 g/mol. The minimum Gasteiger partial charge on any atom is -0.475 e. The van der Waals surface area contributed by atoms with Crippen LogP contribution in [0.3, 0.4) is 0 Å². The number of halogens is 4. The highest BCUT2D eigenvalue weighted by Gasteiger charge is 2.49. The fourth-order valence-corrected chi connectivity index (χ4v) is 3.37. The summed E-state index contributed by atoms with van der Waals surface area (Å²) < 4.78 is 59.9. The highest BCUT2D eigenvalue weighted by Crippen LogP contribution is 2.42. The number of fused-ring (bicyclic) bond motifs is 1. The van der Waals surface area contributed by atoms with E-state index in [2.05, 4.69) is 20.2 Å². The van der Waals surface area contributed by atoms with Crippen LogP contribution >= 0.6 is 11.6 Å². The van der Waals surface area contributed by atoms with Crippen LogP contribution in [0.15, 0.2) is 17.7 Å². The summed E-state index contributed by atoms with van der Waals surface area (Å²) in [5.74, 6) is 1.77. The minimum absolute atomic E-state index is 0.0272. The van der Waals surface area contributed by atoms with Gasteiger partial charge in [0, 0.05) is 10.6 Å². The second-order valence-corrected chi connectivity index (χ2v) is 8.57. The molecule has 1 aliphatic rings. The van der Waals surface area contributed by atoms with Gasteiger partial charge in [0.1, 0.15) is 12.4 Å². The van der Waals surface area contributed by atoms with Crippen molar-refractivity contribution in [1.29, 1.82) is 0 Å². The summed E-state index contributed by atoms with van der Waals surface area (Å²) in [7, 11) is 0. The van der Waals surface area contributed by atoms with Gasteiger partial charge in [-0.05, 0) is 42.0 Å². The average Bonchev–Trinajstić information content (AvgIpc) is 2.70. The second-order valence-electron chi connectivity index (χ2n) is 8.17. The van der Waals surface area contributed by atoms with Crippen molar-refractivity contribution < 1.29 is 52.4 Å². The van der Waals surface area contributed by atoms with E-state index in [0.717, 1.165) is 6.08 Å². The van der Waals surface area contributed by atoms with E-state index in [1.54, 1.807) is 0 Å². The molecule has 0 bridgehead atoms. The minimum atomic E-state index is -4.90. The van der Waals surface area contributed by atoms with Gasteiger partial charge in [0.05, 0.1) is 12.2 Å². The molecule has 1 unspecified atom stereocenters. The van der Waals surface area contributed by atoms with Crippen LogP contribution in [0.5, 0.6) is 5.75 Å². The molecule has 33 heavy (non-hydrogen) atoms. The molecule has 2 rings (SSSR count). The quantitative estimate of drug-likeness (QED) is 0.251. The molecule has 3 N–H and O–H groups in total. The molecular formula is C21H26ClF3NO7+. The number of benzene rings is 1. The Labute approximate surface area is 193 Å². The predicted octanol–water partition coefficient (Wildman–Crippen LogP) is 3.95. The van der Waals surface area contributed by atoms with Gasteiger partial charge in [-0.15, -0.1) is 0 Å². The van der Waals surface area contributed by atoms with Gasteiger partial charge in [-0.3, -0.25) is 0 Å². The number of hydrogen-bond acceptors (Lipinski definition) is 7. The van der Waals surface area contributed by atoms with Crippen molar-refractivity contribution in [3.8, 4) is 5.75 Å². The van der Waals surface area contributed by atoms with Crippen molar-refractivity contribution in [2.75, 3.05) is 20.0 Å². The van der Waals surface area contributed by atoms with Crippen molar-refractivity contribution >= 4 is 29.8 Å². The first kappa shape index (κ1) is 26.7. The Morgan fingerprint density at radius 2 is 1.76 bits per heavy atom. The van der Waals surface area contributed by atoms with Crippen LogP contribution in [-0.4, -0.2) is 44.4 Å². The van der Waals surface area contributed by atoms with E-state index in [-0.39, 0.29) is 17.9 Å². The first-order valence-electron chi connectivity index (χ1n) is 9.97. The summed E-state index contributed by atoms with van der Waals surface area (Å²) in [6.07, 6.45) is -6.51. The molecule has 0 spiro atoms. The van der Waals surface area contributed by atoms with Crippen molar-refractivity contribution in [2.45, 2.75) is 51.3 Å². The van der Waals surface area contributed by atoms with E-state index in [0.29, 0.717) is 30.0 Å². The first-order valence-corrected chi connectivity index (χ1v) is 10.3. The zero-order valence-corrected chi connectivity index (χ0v) is 19.2. The maximum atomic E-state index is 13.6. The number of unbranched alkanes of at least 4 members (excludes halogenated alkanes) is 1. The standard InChI is InChI=1S/C21H26ClF3NO7/c1-20(2,3)14-10-16-12(9-15(14)22)8-13(17(33-16)21(23,24)25)18(27)30-11-31-19(28)29-6-4-5-7-32-26/h8-10,17H,4-7,11H2,1-3,26H3/q+1. The Hall–Kier alpha value is -2.50. The summed E-state index contributed by atoms with van der Waals surface area (Å²) in [4.78, 5) is 28.4. The topological polar surface area (TPSA) is 108 Å². The lowest BCUT2D eigenvalue weighted by molar-refractivity contribution is -0.689. The summed E-state index contributed by atoms with van der Waals surface area (Å²) in [6.45, 7) is 5.04. The van der Waals surface area contributed by atoms with Gasteiger partial charge in [0.25, 0.3) is 0 Å². The molecule has 184 valence electrons. The highest BCUT2D eigenvalue weighted by molar-refractivity contribution is 6.31. The van der Waals surface area contributed by atoms with Crippen LogP contribution in [0.1, 0.15) is 44.7 Å². The molecule has 12 heteroatoms. The normalized spacial score (nSPS) is 15.8. The van der Waals surface area contributed by atoms with Crippen LogP contribution in [0, 0.1) is 0 Å². The van der Waals surface area contributed by atoms with Gasteiger partial charge in [-0.1, -0.05) is 32.4 Å². The van der Waals surface area contributed by atoms with Crippen LogP contribution in [0.4, 0.5) is 18.0 Å². The molecule has 1 aliphatic heterocycles.